The van der Waals surface area contributed by atoms with E-state index in [2.05, 4.69) is 10.2 Å². The highest BCUT2D eigenvalue weighted by Crippen LogP contribution is 2.22. The molecule has 0 spiro atoms. The van der Waals surface area contributed by atoms with Crippen LogP contribution in [0.2, 0.25) is 0 Å². The minimum atomic E-state index is -3.06. The van der Waals surface area contributed by atoms with Gasteiger partial charge in [0.1, 0.15) is 17.0 Å². The van der Waals surface area contributed by atoms with Crippen molar-refractivity contribution in [2.24, 2.45) is 0 Å². The molecule has 0 fully saturated rings. The van der Waals surface area contributed by atoms with Crippen molar-refractivity contribution in [3.05, 3.63) is 5.01 Å². The molecule has 0 saturated carbocycles. The second kappa shape index (κ2) is 4.85. The Morgan fingerprint density at radius 1 is 1.50 bits per heavy atom. The zero-order valence-corrected chi connectivity index (χ0v) is 9.78. The summed E-state index contributed by atoms with van der Waals surface area (Å²) in [7, 11) is -3.06. The van der Waals surface area contributed by atoms with Gasteiger partial charge in [-0.2, -0.15) is 0 Å². The molecule has 0 amide bonds. The number of rotatable bonds is 5. The maximum Gasteiger partial charge on any atom is 0.174 e. The molecule has 0 unspecified atom stereocenters. The van der Waals surface area contributed by atoms with E-state index in [9.17, 15) is 13.2 Å². The summed E-state index contributed by atoms with van der Waals surface area (Å²) in [6.45, 7) is 0. The molecular weight excluding hydrogens is 244 g/mol. The maximum absolute atomic E-state index is 10.9. The Morgan fingerprint density at radius 2 is 2.21 bits per heavy atom. The summed E-state index contributed by atoms with van der Waals surface area (Å²) in [5, 5.41) is 7.91. The molecule has 1 aromatic rings. The molecule has 0 saturated heterocycles. The van der Waals surface area contributed by atoms with Gasteiger partial charge in [-0.15, -0.1) is 10.2 Å². The van der Waals surface area contributed by atoms with E-state index < -0.39 is 9.84 Å². The monoisotopic (exact) mass is 252 g/mol. The van der Waals surface area contributed by atoms with Gasteiger partial charge in [-0.05, 0) is 0 Å². The summed E-state index contributed by atoms with van der Waals surface area (Å²) in [4.78, 5) is 10.1. The highest BCUT2D eigenvalue weighted by molar-refractivity contribution is 8.01. The van der Waals surface area contributed by atoms with Crippen molar-refractivity contribution in [3.63, 3.8) is 0 Å². The van der Waals surface area contributed by atoms with Gasteiger partial charge >= 0.3 is 0 Å². The van der Waals surface area contributed by atoms with Crippen LogP contribution in [0, 0.1) is 0 Å². The van der Waals surface area contributed by atoms with Crippen LogP contribution in [0.1, 0.15) is 5.01 Å². The Kier molecular flexibility index (Phi) is 4.02. The van der Waals surface area contributed by atoms with Gasteiger partial charge in [-0.1, -0.05) is 23.1 Å². The second-order valence-corrected chi connectivity index (χ2v) is 6.98. The number of aldehydes is 1. The fourth-order valence-electron chi connectivity index (χ4n) is 0.684. The van der Waals surface area contributed by atoms with Crippen LogP contribution >= 0.6 is 23.1 Å². The summed E-state index contributed by atoms with van der Waals surface area (Å²) < 4.78 is 22.4. The van der Waals surface area contributed by atoms with Crippen LogP contribution in [0.15, 0.2) is 4.34 Å². The van der Waals surface area contributed by atoms with Crippen LogP contribution in [-0.4, -0.2) is 36.9 Å². The molecule has 0 aromatic carbocycles. The van der Waals surface area contributed by atoms with Crippen LogP contribution in [0.3, 0.4) is 0 Å². The highest BCUT2D eigenvalue weighted by atomic mass is 32.2. The minimum absolute atomic E-state index is 0.0910. The number of hydrogen-bond donors (Lipinski definition) is 0. The van der Waals surface area contributed by atoms with Crippen LogP contribution < -0.4 is 0 Å². The zero-order chi connectivity index (χ0) is 10.6. The van der Waals surface area contributed by atoms with Crippen LogP contribution in [0.4, 0.5) is 0 Å². The lowest BCUT2D eigenvalue weighted by Crippen LogP contribution is -1.99. The Balaban J connectivity index is 2.64. The average molecular weight is 252 g/mol. The van der Waals surface area contributed by atoms with Gasteiger partial charge in [0.25, 0.3) is 0 Å². The van der Waals surface area contributed by atoms with Gasteiger partial charge < -0.3 is 4.79 Å². The molecule has 5 nitrogen and oxygen atoms in total. The first-order valence-corrected chi connectivity index (χ1v) is 7.44. The fraction of sp³-hybridized carbons (Fsp3) is 0.500. The third kappa shape index (κ3) is 4.16. The maximum atomic E-state index is 10.9. The molecule has 0 aliphatic rings. The summed E-state index contributed by atoms with van der Waals surface area (Å²) in [6, 6.07) is 0. The number of thioether (sulfide) groups is 1. The van der Waals surface area contributed by atoms with Gasteiger partial charge in [0.15, 0.2) is 14.2 Å². The molecule has 1 rings (SSSR count). The molecule has 0 aliphatic heterocycles. The van der Waals surface area contributed by atoms with E-state index in [-0.39, 0.29) is 5.75 Å². The number of nitrogens with zero attached hydrogens (tertiary/aromatic N) is 2. The molecule has 14 heavy (non-hydrogen) atoms. The molecule has 0 N–H and O–H groups in total. The van der Waals surface area contributed by atoms with Gasteiger partial charge in [0.05, 0.1) is 5.75 Å². The third-order valence-corrected chi connectivity index (χ3v) is 4.04. The molecule has 0 bridgehead atoms. The van der Waals surface area contributed by atoms with Gasteiger partial charge in [0.2, 0.25) is 0 Å². The molecule has 1 heterocycles. The van der Waals surface area contributed by atoms with Gasteiger partial charge in [0, 0.05) is 6.26 Å². The standard InChI is InChI=1S/C6H8N2O3S3/c1-14(10,11)4-5-7-8-6(13-5)12-3-2-9/h2H,3-4H2,1H3. The predicted octanol–water partition coefficient (Wildman–Crippen LogP) is 0.374. The van der Waals surface area contributed by atoms with Gasteiger partial charge in [-0.3, -0.25) is 0 Å². The van der Waals surface area contributed by atoms with E-state index in [4.69, 9.17) is 0 Å². The lowest BCUT2D eigenvalue weighted by molar-refractivity contribution is -0.105. The van der Waals surface area contributed by atoms with Crippen LogP contribution in [-0.2, 0) is 20.4 Å². The summed E-state index contributed by atoms with van der Waals surface area (Å²) in [5.74, 6) is 0.222. The quantitative estimate of drug-likeness (QED) is 0.557. The molecular formula is C6H8N2O3S3. The Labute approximate surface area is 89.8 Å². The van der Waals surface area contributed by atoms with E-state index in [0.717, 1.165) is 12.5 Å². The van der Waals surface area contributed by atoms with Crippen LogP contribution in [0.25, 0.3) is 0 Å². The van der Waals surface area contributed by atoms with Crippen molar-refractivity contribution in [3.8, 4) is 0 Å². The number of sulfone groups is 1. The molecule has 8 heteroatoms. The molecule has 78 valence electrons. The first kappa shape index (κ1) is 11.6. The number of carbonyl (C=O) groups excluding carboxylic acids is 1. The SMILES string of the molecule is CS(=O)(=O)Cc1nnc(SCC=O)s1. The smallest absolute Gasteiger partial charge is 0.174 e. The summed E-state index contributed by atoms with van der Waals surface area (Å²) in [6.07, 6.45) is 1.91. The second-order valence-electron chi connectivity index (χ2n) is 2.51. The van der Waals surface area contributed by atoms with Gasteiger partial charge in [-0.25, -0.2) is 8.42 Å². The lowest BCUT2D eigenvalue weighted by atomic mass is 10.9. The van der Waals surface area contributed by atoms with Crippen molar-refractivity contribution in [1.82, 2.24) is 10.2 Å². The topological polar surface area (TPSA) is 77.0 Å². The summed E-state index contributed by atoms with van der Waals surface area (Å²) in [5.41, 5.74) is 0. The van der Waals surface area contributed by atoms with E-state index in [1.54, 1.807) is 0 Å². The van der Waals surface area contributed by atoms with Crippen molar-refractivity contribution in [2.45, 2.75) is 10.1 Å². The summed E-state index contributed by atoms with van der Waals surface area (Å²) >= 11 is 2.45. The third-order valence-electron chi connectivity index (χ3n) is 1.11. The minimum Gasteiger partial charge on any atom is -0.302 e. The Bertz CT molecular complexity index is 412. The number of aromatic nitrogens is 2. The Morgan fingerprint density at radius 3 is 2.79 bits per heavy atom. The van der Waals surface area contributed by atoms with Crippen LogP contribution in [0.5, 0.6) is 0 Å². The number of hydrogen-bond acceptors (Lipinski definition) is 7. The van der Waals surface area contributed by atoms with Crippen molar-refractivity contribution >= 4 is 39.2 Å². The Hall–Kier alpha value is -0.470. The molecule has 0 radical (unpaired) electrons. The van der Waals surface area contributed by atoms with E-state index in [0.29, 0.717) is 15.1 Å². The van der Waals surface area contributed by atoms with E-state index >= 15 is 0 Å². The van der Waals surface area contributed by atoms with Crippen molar-refractivity contribution in [1.29, 1.82) is 0 Å². The highest BCUT2D eigenvalue weighted by Gasteiger charge is 2.10. The fourth-order valence-corrected chi connectivity index (χ4v) is 3.47. The molecule has 0 atom stereocenters. The lowest BCUT2D eigenvalue weighted by Gasteiger charge is -1.89. The van der Waals surface area contributed by atoms with Crippen molar-refractivity contribution < 1.29 is 13.2 Å². The predicted molar refractivity (Wildman–Crippen MR) is 55.2 cm³/mol. The average Bonchev–Trinajstić information content (AvgIpc) is 2.46. The zero-order valence-electron chi connectivity index (χ0n) is 7.34. The molecule has 1 aromatic heterocycles. The van der Waals surface area contributed by atoms with Crippen molar-refractivity contribution in [2.75, 3.05) is 12.0 Å². The first-order chi connectivity index (χ1) is 6.51. The largest absolute Gasteiger partial charge is 0.302 e. The van der Waals surface area contributed by atoms with E-state index in [1.807, 2.05) is 0 Å². The normalized spacial score (nSPS) is 11.5. The van der Waals surface area contributed by atoms with E-state index in [1.165, 1.54) is 23.1 Å². The number of carbonyl (C=O) groups is 1. The first-order valence-electron chi connectivity index (χ1n) is 3.58. The molecule has 0 aliphatic carbocycles.